The maximum absolute atomic E-state index is 5.40. The van der Waals surface area contributed by atoms with Gasteiger partial charge in [0.25, 0.3) is 0 Å². The molecule has 2 aliphatic rings. The summed E-state index contributed by atoms with van der Waals surface area (Å²) in [6, 6.07) is 6.51. The summed E-state index contributed by atoms with van der Waals surface area (Å²) in [6.45, 7) is 0. The highest BCUT2D eigenvalue weighted by Crippen LogP contribution is 2.44. The predicted molar refractivity (Wildman–Crippen MR) is 77.7 cm³/mol. The molecule has 100 valence electrons. The predicted octanol–water partition coefficient (Wildman–Crippen LogP) is 3.70. The molecule has 2 nitrogen and oxygen atoms in total. The Morgan fingerprint density at radius 2 is 1.95 bits per heavy atom. The second kappa shape index (κ2) is 4.03. The van der Waals surface area contributed by atoms with E-state index in [2.05, 4.69) is 29.8 Å². The van der Waals surface area contributed by atoms with Crippen LogP contribution in [-0.2, 0) is 19.9 Å². The Hall–Kier alpha value is -1.44. The summed E-state index contributed by atoms with van der Waals surface area (Å²) < 4.78 is 7.82. The van der Waals surface area contributed by atoms with E-state index in [4.69, 9.17) is 4.74 Å². The minimum absolute atomic E-state index is 0.935. The lowest BCUT2D eigenvalue weighted by atomic mass is 9.80. The number of ether oxygens (including phenoxy) is 1. The van der Waals surface area contributed by atoms with Gasteiger partial charge in [-0.05, 0) is 61.3 Å². The zero-order valence-corrected chi connectivity index (χ0v) is 11.8. The van der Waals surface area contributed by atoms with Gasteiger partial charge in [0.2, 0.25) is 0 Å². The average molecular weight is 255 g/mol. The largest absolute Gasteiger partial charge is 0.497 e. The van der Waals surface area contributed by atoms with Crippen LogP contribution in [0.3, 0.4) is 0 Å². The van der Waals surface area contributed by atoms with Crippen LogP contribution in [0, 0.1) is 11.8 Å². The third-order valence-corrected chi connectivity index (χ3v) is 5.38. The zero-order valence-electron chi connectivity index (χ0n) is 11.8. The fourth-order valence-corrected chi connectivity index (χ4v) is 4.33. The molecule has 19 heavy (non-hydrogen) atoms. The summed E-state index contributed by atoms with van der Waals surface area (Å²) in [7, 11) is 3.98. The number of methoxy groups -OCH3 is 1. The van der Waals surface area contributed by atoms with Crippen LogP contribution in [-0.4, -0.2) is 11.7 Å². The lowest BCUT2D eigenvalue weighted by Crippen LogP contribution is -2.21. The van der Waals surface area contributed by atoms with Crippen molar-refractivity contribution in [3.05, 3.63) is 29.5 Å². The molecular formula is C17H21NO. The molecule has 1 heterocycles. The van der Waals surface area contributed by atoms with Gasteiger partial charge in [-0.25, -0.2) is 0 Å². The number of hydrogen-bond donors (Lipinski definition) is 0. The lowest BCUT2D eigenvalue weighted by molar-refractivity contribution is 0.355. The Kier molecular flexibility index (Phi) is 2.41. The van der Waals surface area contributed by atoms with Crippen LogP contribution in [0.15, 0.2) is 18.2 Å². The van der Waals surface area contributed by atoms with E-state index in [0.717, 1.165) is 17.6 Å². The van der Waals surface area contributed by atoms with Gasteiger partial charge in [0.05, 0.1) is 7.11 Å². The number of aryl methyl sites for hydroxylation is 1. The Labute approximate surface area is 114 Å². The molecule has 1 aromatic heterocycles. The van der Waals surface area contributed by atoms with Gasteiger partial charge in [0.15, 0.2) is 0 Å². The van der Waals surface area contributed by atoms with Gasteiger partial charge in [-0.15, -0.1) is 0 Å². The van der Waals surface area contributed by atoms with Gasteiger partial charge < -0.3 is 9.30 Å². The molecule has 0 N–H and O–H groups in total. The van der Waals surface area contributed by atoms with Crippen LogP contribution >= 0.6 is 0 Å². The summed E-state index contributed by atoms with van der Waals surface area (Å²) in [5, 5.41) is 1.42. The summed E-state index contributed by atoms with van der Waals surface area (Å²) >= 11 is 0. The minimum atomic E-state index is 0.935. The lowest BCUT2D eigenvalue weighted by Gasteiger charge is -2.26. The molecule has 0 aliphatic heterocycles. The fraction of sp³-hybridized carbons (Fsp3) is 0.529. The second-order valence-electron chi connectivity index (χ2n) is 6.23. The molecule has 0 radical (unpaired) electrons. The van der Waals surface area contributed by atoms with Gasteiger partial charge in [-0.2, -0.15) is 0 Å². The van der Waals surface area contributed by atoms with E-state index in [0.29, 0.717) is 0 Å². The van der Waals surface area contributed by atoms with Crippen molar-refractivity contribution < 1.29 is 4.74 Å². The van der Waals surface area contributed by atoms with Crippen molar-refractivity contribution in [2.75, 3.05) is 7.11 Å². The molecule has 0 spiro atoms. The van der Waals surface area contributed by atoms with Crippen molar-refractivity contribution in [2.45, 2.75) is 32.1 Å². The first-order chi connectivity index (χ1) is 9.28. The minimum Gasteiger partial charge on any atom is -0.497 e. The quantitative estimate of drug-likeness (QED) is 0.758. The van der Waals surface area contributed by atoms with Crippen molar-refractivity contribution in [1.29, 1.82) is 0 Å². The molecule has 2 aliphatic carbocycles. The van der Waals surface area contributed by atoms with Crippen molar-refractivity contribution in [3.63, 3.8) is 0 Å². The molecule has 1 saturated carbocycles. The Morgan fingerprint density at radius 3 is 2.74 bits per heavy atom. The fourth-order valence-electron chi connectivity index (χ4n) is 4.33. The molecule has 0 bridgehead atoms. The molecule has 4 rings (SSSR count). The molecule has 2 atom stereocenters. The SMILES string of the molecule is COc1ccc2c(c1)c1c(n2C)CC2CCCC2C1. The van der Waals surface area contributed by atoms with Gasteiger partial charge in [-0.3, -0.25) is 0 Å². The van der Waals surface area contributed by atoms with Crippen LogP contribution in [0.5, 0.6) is 5.75 Å². The van der Waals surface area contributed by atoms with Crippen molar-refractivity contribution in [3.8, 4) is 5.75 Å². The highest BCUT2D eigenvalue weighted by molar-refractivity contribution is 5.87. The van der Waals surface area contributed by atoms with E-state index in [1.165, 1.54) is 43.0 Å². The maximum atomic E-state index is 5.40. The number of rotatable bonds is 1. The van der Waals surface area contributed by atoms with Crippen LogP contribution in [0.2, 0.25) is 0 Å². The molecule has 2 unspecified atom stereocenters. The van der Waals surface area contributed by atoms with E-state index in [9.17, 15) is 0 Å². The third-order valence-electron chi connectivity index (χ3n) is 5.38. The van der Waals surface area contributed by atoms with E-state index >= 15 is 0 Å². The van der Waals surface area contributed by atoms with Crippen LogP contribution < -0.4 is 4.74 Å². The van der Waals surface area contributed by atoms with Crippen LogP contribution in [0.4, 0.5) is 0 Å². The van der Waals surface area contributed by atoms with Gasteiger partial charge in [-0.1, -0.05) is 6.42 Å². The number of aromatic nitrogens is 1. The monoisotopic (exact) mass is 255 g/mol. The van der Waals surface area contributed by atoms with Crippen LogP contribution in [0.25, 0.3) is 10.9 Å². The number of nitrogens with zero attached hydrogens (tertiary/aromatic N) is 1. The first-order valence-corrected chi connectivity index (χ1v) is 7.42. The highest BCUT2D eigenvalue weighted by Gasteiger charge is 2.34. The van der Waals surface area contributed by atoms with Gasteiger partial charge in [0.1, 0.15) is 5.75 Å². The Balaban J connectivity index is 1.91. The molecular weight excluding hydrogens is 234 g/mol. The maximum Gasteiger partial charge on any atom is 0.119 e. The number of benzene rings is 1. The molecule has 0 amide bonds. The average Bonchev–Trinajstić information content (AvgIpc) is 3.00. The molecule has 2 heteroatoms. The first kappa shape index (κ1) is 11.4. The van der Waals surface area contributed by atoms with E-state index in [-0.39, 0.29) is 0 Å². The summed E-state index contributed by atoms with van der Waals surface area (Å²) in [5.41, 5.74) is 4.54. The zero-order chi connectivity index (χ0) is 13.0. The Bertz CT molecular complexity index is 640. The topological polar surface area (TPSA) is 14.2 Å². The number of hydrogen-bond acceptors (Lipinski definition) is 1. The molecule has 2 aromatic rings. The standard InChI is InChI=1S/C17H21NO/c1-18-16-7-6-13(19-2)10-15(16)14-8-11-4-3-5-12(11)9-17(14)18/h6-7,10-12H,3-5,8-9H2,1-2H3. The van der Waals surface area contributed by atoms with E-state index in [1.54, 1.807) is 18.4 Å². The third kappa shape index (κ3) is 1.55. The van der Waals surface area contributed by atoms with E-state index in [1.807, 2.05) is 0 Å². The summed E-state index contributed by atoms with van der Waals surface area (Å²) in [4.78, 5) is 0. The second-order valence-corrected chi connectivity index (χ2v) is 6.23. The Morgan fingerprint density at radius 1 is 1.16 bits per heavy atom. The first-order valence-electron chi connectivity index (χ1n) is 7.42. The summed E-state index contributed by atoms with van der Waals surface area (Å²) in [5.74, 6) is 2.86. The van der Waals surface area contributed by atoms with E-state index < -0.39 is 0 Å². The smallest absolute Gasteiger partial charge is 0.119 e. The van der Waals surface area contributed by atoms with Gasteiger partial charge >= 0.3 is 0 Å². The van der Waals surface area contributed by atoms with Crippen molar-refractivity contribution >= 4 is 10.9 Å². The molecule has 0 saturated heterocycles. The van der Waals surface area contributed by atoms with Crippen molar-refractivity contribution in [1.82, 2.24) is 4.57 Å². The summed E-state index contributed by atoms with van der Waals surface area (Å²) in [6.07, 6.45) is 6.88. The molecule has 1 fully saturated rings. The highest BCUT2D eigenvalue weighted by atomic mass is 16.5. The van der Waals surface area contributed by atoms with Gasteiger partial charge in [0, 0.05) is 23.6 Å². The van der Waals surface area contributed by atoms with Crippen molar-refractivity contribution in [2.24, 2.45) is 18.9 Å². The molecule has 1 aromatic carbocycles. The normalized spacial score (nSPS) is 25.4. The number of fused-ring (bicyclic) bond motifs is 4. The van der Waals surface area contributed by atoms with Crippen LogP contribution in [0.1, 0.15) is 30.5 Å².